The average Bonchev–Trinajstić information content (AvgIpc) is 2.31. The van der Waals surface area contributed by atoms with E-state index >= 15 is 0 Å². The molecule has 0 aliphatic rings. The Bertz CT molecular complexity index is 684. The van der Waals surface area contributed by atoms with Crippen LogP contribution in [-0.2, 0) is 10.0 Å². The maximum absolute atomic E-state index is 13.5. The highest BCUT2D eigenvalue weighted by Gasteiger charge is 2.23. The zero-order valence-corrected chi connectivity index (χ0v) is 11.8. The zero-order valence-electron chi connectivity index (χ0n) is 10.2. The zero-order chi connectivity index (χ0) is 15.5. The second kappa shape index (κ2) is 6.17. The molecule has 2 N–H and O–H groups in total. The van der Waals surface area contributed by atoms with Gasteiger partial charge in [0.25, 0.3) is 0 Å². The van der Waals surface area contributed by atoms with E-state index in [1.165, 1.54) is 6.92 Å². The van der Waals surface area contributed by atoms with E-state index in [4.69, 9.17) is 22.0 Å². The van der Waals surface area contributed by atoms with E-state index in [1.807, 2.05) is 0 Å². The monoisotopic (exact) mass is 320 g/mol. The number of carboxylic acid groups (broad SMARTS) is 1. The summed E-state index contributed by atoms with van der Waals surface area (Å²) in [6, 6.07) is 2.46. The molecule has 1 rings (SSSR count). The van der Waals surface area contributed by atoms with Crippen molar-refractivity contribution in [2.45, 2.75) is 24.3 Å². The first-order valence-electron chi connectivity index (χ1n) is 5.30. The summed E-state index contributed by atoms with van der Waals surface area (Å²) in [5, 5.41) is 16.6. The Balaban J connectivity index is 3.27. The summed E-state index contributed by atoms with van der Waals surface area (Å²) in [7, 11) is -4.14. The molecule has 0 spiro atoms. The van der Waals surface area contributed by atoms with Crippen molar-refractivity contribution in [1.29, 1.82) is 5.26 Å². The number of nitriles is 1. The Hall–Kier alpha value is -1.69. The number of benzene rings is 1. The van der Waals surface area contributed by atoms with Crippen LogP contribution < -0.4 is 4.72 Å². The molecule has 0 bridgehead atoms. The number of carboxylic acids is 1. The molecular weight excluding hydrogens is 311 g/mol. The van der Waals surface area contributed by atoms with Gasteiger partial charge in [0.2, 0.25) is 10.0 Å². The highest BCUT2D eigenvalue weighted by Crippen LogP contribution is 2.24. The van der Waals surface area contributed by atoms with Gasteiger partial charge in [-0.05, 0) is 19.1 Å². The van der Waals surface area contributed by atoms with Gasteiger partial charge in [0.15, 0.2) is 0 Å². The molecule has 108 valence electrons. The number of carbonyl (C=O) groups is 1. The van der Waals surface area contributed by atoms with E-state index in [2.05, 4.69) is 4.72 Å². The lowest BCUT2D eigenvalue weighted by molar-refractivity contribution is 0.0696. The van der Waals surface area contributed by atoms with Crippen LogP contribution >= 0.6 is 11.6 Å². The van der Waals surface area contributed by atoms with E-state index in [9.17, 15) is 17.6 Å². The third kappa shape index (κ3) is 3.66. The molecule has 0 aromatic heterocycles. The van der Waals surface area contributed by atoms with Crippen molar-refractivity contribution < 1.29 is 22.7 Å². The van der Waals surface area contributed by atoms with Gasteiger partial charge in [-0.2, -0.15) is 5.26 Å². The first-order valence-corrected chi connectivity index (χ1v) is 7.16. The standard InChI is InChI=1S/C11H10ClFN2O4S/c1-6(2-3-14)15-20(18,19)7-4-8(11(16)17)10(12)9(13)5-7/h4-6,15H,2H2,1H3,(H,16,17). The SMILES string of the molecule is CC(CC#N)NS(=O)(=O)c1cc(F)c(Cl)c(C(=O)O)c1. The van der Waals surface area contributed by atoms with Gasteiger partial charge in [-0.25, -0.2) is 22.3 Å². The van der Waals surface area contributed by atoms with Crippen molar-refractivity contribution in [3.63, 3.8) is 0 Å². The summed E-state index contributed by atoms with van der Waals surface area (Å²) in [4.78, 5) is 10.3. The van der Waals surface area contributed by atoms with Gasteiger partial charge in [0.05, 0.1) is 28.0 Å². The van der Waals surface area contributed by atoms with Crippen LogP contribution in [0.4, 0.5) is 4.39 Å². The molecule has 0 radical (unpaired) electrons. The van der Waals surface area contributed by atoms with Gasteiger partial charge in [-0.3, -0.25) is 0 Å². The normalized spacial score (nSPS) is 12.7. The molecule has 1 unspecified atom stereocenters. The first-order chi connectivity index (χ1) is 9.19. The van der Waals surface area contributed by atoms with Gasteiger partial charge < -0.3 is 5.11 Å². The molecule has 0 aliphatic carbocycles. The van der Waals surface area contributed by atoms with Gasteiger partial charge in [0.1, 0.15) is 5.82 Å². The number of nitrogens with one attached hydrogen (secondary N) is 1. The van der Waals surface area contributed by atoms with Gasteiger partial charge in [-0.1, -0.05) is 11.6 Å². The number of hydrogen-bond donors (Lipinski definition) is 2. The fraction of sp³-hybridized carbons (Fsp3) is 0.273. The Labute approximate surface area is 119 Å². The number of hydrogen-bond acceptors (Lipinski definition) is 4. The molecule has 6 nitrogen and oxygen atoms in total. The summed E-state index contributed by atoms with van der Waals surface area (Å²) >= 11 is 5.45. The Morgan fingerprint density at radius 1 is 1.60 bits per heavy atom. The van der Waals surface area contributed by atoms with Crippen LogP contribution in [0.15, 0.2) is 17.0 Å². The molecular formula is C11H10ClFN2O4S. The Morgan fingerprint density at radius 3 is 2.70 bits per heavy atom. The third-order valence-electron chi connectivity index (χ3n) is 2.30. The number of rotatable bonds is 5. The van der Waals surface area contributed by atoms with E-state index < -0.39 is 43.3 Å². The van der Waals surface area contributed by atoms with Crippen molar-refractivity contribution in [2.75, 3.05) is 0 Å². The quantitative estimate of drug-likeness (QED) is 0.859. The first kappa shape index (κ1) is 16.4. The molecule has 0 heterocycles. The van der Waals surface area contributed by atoms with Crippen LogP contribution in [0.1, 0.15) is 23.7 Å². The van der Waals surface area contributed by atoms with Crippen molar-refractivity contribution in [3.05, 3.63) is 28.5 Å². The van der Waals surface area contributed by atoms with Crippen LogP contribution in [-0.4, -0.2) is 25.5 Å². The van der Waals surface area contributed by atoms with Gasteiger partial charge in [0, 0.05) is 6.04 Å². The largest absolute Gasteiger partial charge is 0.478 e. The molecule has 20 heavy (non-hydrogen) atoms. The highest BCUT2D eigenvalue weighted by atomic mass is 35.5. The summed E-state index contributed by atoms with van der Waals surface area (Å²) < 4.78 is 39.5. The predicted octanol–water partition coefficient (Wildman–Crippen LogP) is 1.76. The fourth-order valence-electron chi connectivity index (χ4n) is 1.39. The lowest BCUT2D eigenvalue weighted by Crippen LogP contribution is -2.32. The third-order valence-corrected chi connectivity index (χ3v) is 4.25. The van der Waals surface area contributed by atoms with Crippen LogP contribution in [0.2, 0.25) is 5.02 Å². The average molecular weight is 321 g/mol. The lowest BCUT2D eigenvalue weighted by atomic mass is 10.2. The fourth-order valence-corrected chi connectivity index (χ4v) is 2.86. The Kier molecular flexibility index (Phi) is 5.05. The van der Waals surface area contributed by atoms with E-state index in [1.54, 1.807) is 6.07 Å². The molecule has 9 heteroatoms. The molecule has 0 saturated heterocycles. The van der Waals surface area contributed by atoms with E-state index in [0.29, 0.717) is 6.07 Å². The van der Waals surface area contributed by atoms with Crippen LogP contribution in [0.25, 0.3) is 0 Å². The Morgan fingerprint density at radius 2 is 2.20 bits per heavy atom. The molecule has 0 fully saturated rings. The minimum absolute atomic E-state index is 0.0823. The predicted molar refractivity (Wildman–Crippen MR) is 68.4 cm³/mol. The number of aromatic carboxylic acids is 1. The van der Waals surface area contributed by atoms with Crippen molar-refractivity contribution in [3.8, 4) is 6.07 Å². The van der Waals surface area contributed by atoms with Crippen molar-refractivity contribution in [1.82, 2.24) is 4.72 Å². The summed E-state index contributed by atoms with van der Waals surface area (Å²) in [5.41, 5.74) is -0.653. The van der Waals surface area contributed by atoms with E-state index in [-0.39, 0.29) is 6.42 Å². The molecule has 1 aromatic rings. The number of sulfonamides is 1. The summed E-state index contributed by atoms with van der Waals surface area (Å²) in [5.74, 6) is -2.70. The van der Waals surface area contributed by atoms with Crippen LogP contribution in [0.5, 0.6) is 0 Å². The van der Waals surface area contributed by atoms with Crippen LogP contribution in [0, 0.1) is 17.1 Å². The smallest absolute Gasteiger partial charge is 0.337 e. The lowest BCUT2D eigenvalue weighted by Gasteiger charge is -2.12. The second-order valence-corrected chi connectivity index (χ2v) is 6.05. The van der Waals surface area contributed by atoms with Gasteiger partial charge in [-0.15, -0.1) is 0 Å². The molecule has 0 amide bonds. The summed E-state index contributed by atoms with van der Waals surface area (Å²) in [6.45, 7) is 1.45. The minimum atomic E-state index is -4.14. The highest BCUT2D eigenvalue weighted by molar-refractivity contribution is 7.89. The number of halogens is 2. The topological polar surface area (TPSA) is 107 Å². The number of nitrogens with zero attached hydrogens (tertiary/aromatic N) is 1. The van der Waals surface area contributed by atoms with E-state index in [0.717, 1.165) is 6.07 Å². The maximum atomic E-state index is 13.5. The molecule has 0 aliphatic heterocycles. The molecule has 1 aromatic carbocycles. The molecule has 1 atom stereocenters. The van der Waals surface area contributed by atoms with Crippen molar-refractivity contribution >= 4 is 27.6 Å². The minimum Gasteiger partial charge on any atom is -0.478 e. The second-order valence-electron chi connectivity index (χ2n) is 3.96. The van der Waals surface area contributed by atoms with Gasteiger partial charge >= 0.3 is 5.97 Å². The van der Waals surface area contributed by atoms with Crippen LogP contribution in [0.3, 0.4) is 0 Å². The maximum Gasteiger partial charge on any atom is 0.337 e. The summed E-state index contributed by atoms with van der Waals surface area (Å²) in [6.07, 6.45) is -0.0823. The van der Waals surface area contributed by atoms with Crippen molar-refractivity contribution in [2.24, 2.45) is 0 Å². The molecule has 0 saturated carbocycles.